The molecule has 2 aromatic carbocycles. The first kappa shape index (κ1) is 14.7. The maximum atomic E-state index is 9.01. The molecule has 2 heterocycles. The quantitative estimate of drug-likeness (QED) is 0.667. The van der Waals surface area contributed by atoms with Gasteiger partial charge in [-0.05, 0) is 41.5 Å². The largest absolute Gasteiger partial charge is 0.320 e. The summed E-state index contributed by atoms with van der Waals surface area (Å²) in [5.41, 5.74) is 7.55. The van der Waals surface area contributed by atoms with Crippen molar-refractivity contribution in [2.45, 2.75) is 6.54 Å². The molecule has 0 N–H and O–H groups in total. The van der Waals surface area contributed by atoms with Crippen LogP contribution in [0.15, 0.2) is 72.8 Å². The lowest BCUT2D eigenvalue weighted by atomic mass is 9.96. The van der Waals surface area contributed by atoms with Gasteiger partial charge in [-0.3, -0.25) is 0 Å². The minimum Gasteiger partial charge on any atom is -0.320 e. The molecule has 1 aliphatic heterocycles. The fourth-order valence-corrected chi connectivity index (χ4v) is 3.67. The zero-order valence-corrected chi connectivity index (χ0v) is 14.1. The second kappa shape index (κ2) is 5.72. The molecule has 1 aromatic heterocycles. The molecule has 0 spiro atoms. The SMILES string of the molecule is N#Cc1ccc(-c2nc3c4n2CC=C4C(c2ccccc2)=CC=C3)cc1. The first-order valence-corrected chi connectivity index (χ1v) is 8.61. The van der Waals surface area contributed by atoms with Crippen molar-refractivity contribution in [1.29, 1.82) is 5.26 Å². The fraction of sp³-hybridized carbons (Fsp3) is 0.0435. The number of allylic oxidation sites excluding steroid dienone is 5. The Balaban J connectivity index is 1.63. The molecule has 122 valence electrons. The molecule has 5 rings (SSSR count). The lowest BCUT2D eigenvalue weighted by molar-refractivity contribution is 0.847. The van der Waals surface area contributed by atoms with Crippen LogP contribution in [0.4, 0.5) is 0 Å². The van der Waals surface area contributed by atoms with Crippen molar-refractivity contribution in [3.8, 4) is 17.5 Å². The predicted molar refractivity (Wildman–Crippen MR) is 104 cm³/mol. The summed E-state index contributed by atoms with van der Waals surface area (Å²) in [7, 11) is 0. The Bertz CT molecular complexity index is 1130. The Morgan fingerprint density at radius 3 is 2.50 bits per heavy atom. The van der Waals surface area contributed by atoms with Gasteiger partial charge < -0.3 is 4.57 Å². The number of benzene rings is 2. The molecule has 0 bridgehead atoms. The maximum absolute atomic E-state index is 9.01. The fourth-order valence-electron chi connectivity index (χ4n) is 3.67. The van der Waals surface area contributed by atoms with E-state index in [4.69, 9.17) is 10.2 Å². The molecular weight excluding hydrogens is 318 g/mol. The molecule has 0 amide bonds. The molecule has 3 heteroatoms. The Morgan fingerprint density at radius 2 is 1.73 bits per heavy atom. The number of imidazole rings is 1. The molecule has 3 aromatic rings. The van der Waals surface area contributed by atoms with Crippen molar-refractivity contribution < 1.29 is 0 Å². The molecule has 0 radical (unpaired) electrons. The summed E-state index contributed by atoms with van der Waals surface area (Å²) in [5.74, 6) is 0.949. The number of nitriles is 1. The van der Waals surface area contributed by atoms with E-state index in [0.717, 1.165) is 23.6 Å². The van der Waals surface area contributed by atoms with Gasteiger partial charge in [0.05, 0.1) is 23.0 Å². The van der Waals surface area contributed by atoms with E-state index in [1.807, 2.05) is 30.3 Å². The van der Waals surface area contributed by atoms with Crippen molar-refractivity contribution in [1.82, 2.24) is 9.55 Å². The van der Waals surface area contributed by atoms with E-state index in [2.05, 4.69) is 59.2 Å². The van der Waals surface area contributed by atoms with E-state index in [0.29, 0.717) is 5.56 Å². The van der Waals surface area contributed by atoms with E-state index in [9.17, 15) is 0 Å². The van der Waals surface area contributed by atoms with Gasteiger partial charge in [-0.15, -0.1) is 0 Å². The van der Waals surface area contributed by atoms with E-state index in [1.165, 1.54) is 22.4 Å². The zero-order valence-electron chi connectivity index (χ0n) is 14.1. The third-order valence-corrected chi connectivity index (χ3v) is 4.89. The molecule has 0 unspecified atom stereocenters. The number of hydrogen-bond acceptors (Lipinski definition) is 2. The van der Waals surface area contributed by atoms with Crippen LogP contribution in [0.1, 0.15) is 22.5 Å². The van der Waals surface area contributed by atoms with Crippen LogP contribution in [0.2, 0.25) is 0 Å². The van der Waals surface area contributed by atoms with E-state index in [1.54, 1.807) is 0 Å². The van der Waals surface area contributed by atoms with Gasteiger partial charge in [0.2, 0.25) is 0 Å². The smallest absolute Gasteiger partial charge is 0.141 e. The van der Waals surface area contributed by atoms with Gasteiger partial charge in [-0.25, -0.2) is 4.98 Å². The Labute approximate surface area is 151 Å². The van der Waals surface area contributed by atoms with Gasteiger partial charge in [0.15, 0.2) is 0 Å². The molecule has 2 aliphatic rings. The number of aromatic nitrogens is 2. The van der Waals surface area contributed by atoms with Crippen LogP contribution >= 0.6 is 0 Å². The van der Waals surface area contributed by atoms with Crippen LogP contribution in [-0.4, -0.2) is 9.55 Å². The first-order chi connectivity index (χ1) is 12.8. The highest BCUT2D eigenvalue weighted by Gasteiger charge is 2.27. The van der Waals surface area contributed by atoms with Gasteiger partial charge in [0.25, 0.3) is 0 Å². The molecule has 1 aliphatic carbocycles. The summed E-state index contributed by atoms with van der Waals surface area (Å²) < 4.78 is 2.26. The molecule has 0 saturated heterocycles. The van der Waals surface area contributed by atoms with E-state index >= 15 is 0 Å². The average Bonchev–Trinajstić information content (AvgIpc) is 3.22. The topological polar surface area (TPSA) is 41.6 Å². The number of hydrogen-bond donors (Lipinski definition) is 0. The Kier molecular flexibility index (Phi) is 3.23. The second-order valence-corrected chi connectivity index (χ2v) is 6.39. The highest BCUT2D eigenvalue weighted by Crippen LogP contribution is 2.41. The summed E-state index contributed by atoms with van der Waals surface area (Å²) in [4.78, 5) is 4.88. The summed E-state index contributed by atoms with van der Waals surface area (Å²) in [6.45, 7) is 0.811. The summed E-state index contributed by atoms with van der Waals surface area (Å²) in [6.07, 6.45) is 8.60. The van der Waals surface area contributed by atoms with Crippen molar-refractivity contribution in [2.75, 3.05) is 0 Å². The monoisotopic (exact) mass is 333 g/mol. The van der Waals surface area contributed by atoms with Crippen molar-refractivity contribution in [3.63, 3.8) is 0 Å². The van der Waals surface area contributed by atoms with Crippen molar-refractivity contribution in [2.24, 2.45) is 0 Å². The first-order valence-electron chi connectivity index (χ1n) is 8.61. The molecule has 0 fully saturated rings. The summed E-state index contributed by atoms with van der Waals surface area (Å²) in [6, 6.07) is 20.3. The summed E-state index contributed by atoms with van der Waals surface area (Å²) >= 11 is 0. The second-order valence-electron chi connectivity index (χ2n) is 6.39. The van der Waals surface area contributed by atoms with Gasteiger partial charge in [0, 0.05) is 17.7 Å². The van der Waals surface area contributed by atoms with E-state index in [-0.39, 0.29) is 0 Å². The molecule has 0 saturated carbocycles. The van der Waals surface area contributed by atoms with Crippen LogP contribution < -0.4 is 0 Å². The number of rotatable bonds is 2. The zero-order chi connectivity index (χ0) is 17.5. The number of nitrogens with zero attached hydrogens (tertiary/aromatic N) is 3. The Morgan fingerprint density at radius 1 is 0.923 bits per heavy atom. The minimum absolute atomic E-state index is 0.663. The van der Waals surface area contributed by atoms with Gasteiger partial charge in [-0.2, -0.15) is 5.26 Å². The van der Waals surface area contributed by atoms with Crippen LogP contribution in [0, 0.1) is 11.3 Å². The van der Waals surface area contributed by atoms with Crippen LogP contribution in [0.3, 0.4) is 0 Å². The van der Waals surface area contributed by atoms with Gasteiger partial charge >= 0.3 is 0 Å². The lowest BCUT2D eigenvalue weighted by Gasteiger charge is -2.09. The lowest BCUT2D eigenvalue weighted by Crippen LogP contribution is -1.97. The third kappa shape index (κ3) is 2.17. The van der Waals surface area contributed by atoms with Crippen molar-refractivity contribution in [3.05, 3.63) is 95.3 Å². The van der Waals surface area contributed by atoms with Crippen LogP contribution in [-0.2, 0) is 6.54 Å². The van der Waals surface area contributed by atoms with Crippen LogP contribution in [0.25, 0.3) is 28.6 Å². The summed E-state index contributed by atoms with van der Waals surface area (Å²) in [5, 5.41) is 9.01. The molecule has 3 nitrogen and oxygen atoms in total. The predicted octanol–water partition coefficient (Wildman–Crippen LogP) is 4.93. The molecular formula is C23H15N3. The average molecular weight is 333 g/mol. The highest BCUT2D eigenvalue weighted by molar-refractivity contribution is 6.08. The third-order valence-electron chi connectivity index (χ3n) is 4.89. The van der Waals surface area contributed by atoms with Gasteiger partial charge in [-0.1, -0.05) is 48.6 Å². The van der Waals surface area contributed by atoms with Crippen LogP contribution in [0.5, 0.6) is 0 Å². The highest BCUT2D eigenvalue weighted by atomic mass is 15.1. The van der Waals surface area contributed by atoms with Crippen molar-refractivity contribution >= 4 is 17.2 Å². The molecule has 0 atom stereocenters. The minimum atomic E-state index is 0.663. The maximum Gasteiger partial charge on any atom is 0.141 e. The Hall–Kier alpha value is -3.64. The standard InChI is InChI=1S/C23H15N3/c24-15-16-9-11-18(12-10-16)23-25-21-8-4-7-19(17-5-2-1-3-6-17)20-13-14-26(23)22(20)21/h1-13H,14H2. The normalized spacial score (nSPS) is 14.3. The van der Waals surface area contributed by atoms with E-state index < -0.39 is 0 Å². The van der Waals surface area contributed by atoms with Gasteiger partial charge in [0.1, 0.15) is 5.82 Å². The molecule has 26 heavy (non-hydrogen) atoms.